The average Bonchev–Trinajstić information content (AvgIpc) is 3.24. The minimum absolute atomic E-state index is 0.0317. The van der Waals surface area contributed by atoms with Gasteiger partial charge in [0.05, 0.1) is 4.88 Å². The SMILES string of the molecule is CC1C=C(Oc2ncccc2Nc2nc(C(F)(F)F)c(-c3cccc(C=O)c3)s2)C(C(C)(C)C)=CC1. The van der Waals surface area contributed by atoms with Gasteiger partial charge in [-0.2, -0.15) is 13.2 Å². The zero-order chi connectivity index (χ0) is 26.1. The first-order valence-electron chi connectivity index (χ1n) is 11.4. The zero-order valence-electron chi connectivity index (χ0n) is 20.3. The molecular formula is C27H26F3N3O2S. The molecule has 0 spiro atoms. The average molecular weight is 514 g/mol. The molecule has 0 aliphatic heterocycles. The summed E-state index contributed by atoms with van der Waals surface area (Å²) in [5, 5.41) is 2.99. The molecule has 0 fully saturated rings. The third kappa shape index (κ3) is 5.67. The van der Waals surface area contributed by atoms with Gasteiger partial charge in [-0.3, -0.25) is 4.79 Å². The van der Waals surface area contributed by atoms with Gasteiger partial charge in [0.15, 0.2) is 10.8 Å². The van der Waals surface area contributed by atoms with Gasteiger partial charge in [0.1, 0.15) is 17.7 Å². The number of hydrogen-bond acceptors (Lipinski definition) is 6. The van der Waals surface area contributed by atoms with Gasteiger partial charge in [-0.25, -0.2) is 9.97 Å². The van der Waals surface area contributed by atoms with Gasteiger partial charge in [0.2, 0.25) is 5.88 Å². The number of hydrogen-bond donors (Lipinski definition) is 1. The number of benzene rings is 1. The summed E-state index contributed by atoms with van der Waals surface area (Å²) < 4.78 is 47.8. The standard InChI is InChI=1S/C27H26F3N3O2S/c1-16-10-11-19(26(2,3)4)21(13-16)35-24-20(9-6-12-31-24)32-25-33-23(27(28,29)30)22(36-25)18-8-5-7-17(14-18)15-34/h5-9,11-16H,10H2,1-4H3,(H,32,33). The summed E-state index contributed by atoms with van der Waals surface area (Å²) in [4.78, 5) is 19.2. The van der Waals surface area contributed by atoms with Gasteiger partial charge in [-0.05, 0) is 53.2 Å². The Morgan fingerprint density at radius 1 is 1.17 bits per heavy atom. The lowest BCUT2D eigenvalue weighted by atomic mass is 9.80. The molecular weight excluding hydrogens is 487 g/mol. The third-order valence-electron chi connectivity index (χ3n) is 5.60. The Hall–Kier alpha value is -3.46. The normalized spacial score (nSPS) is 16.2. The molecule has 4 rings (SSSR count). The smallest absolute Gasteiger partial charge is 0.434 e. The molecule has 2 aromatic heterocycles. The molecule has 1 aliphatic rings. The van der Waals surface area contributed by atoms with Crippen molar-refractivity contribution in [3.8, 4) is 16.3 Å². The molecule has 0 saturated heterocycles. The Labute approximate surface area is 211 Å². The molecule has 36 heavy (non-hydrogen) atoms. The number of anilines is 2. The molecule has 9 heteroatoms. The van der Waals surface area contributed by atoms with Gasteiger partial charge < -0.3 is 10.1 Å². The van der Waals surface area contributed by atoms with Crippen molar-refractivity contribution in [1.29, 1.82) is 0 Å². The van der Waals surface area contributed by atoms with E-state index in [0.717, 1.165) is 23.3 Å². The lowest BCUT2D eigenvalue weighted by Crippen LogP contribution is -2.19. The minimum atomic E-state index is -4.67. The van der Waals surface area contributed by atoms with Crippen molar-refractivity contribution in [2.75, 3.05) is 5.32 Å². The number of ether oxygens (including phenoxy) is 1. The zero-order valence-corrected chi connectivity index (χ0v) is 21.1. The van der Waals surface area contributed by atoms with Gasteiger partial charge in [-0.15, -0.1) is 0 Å². The molecule has 1 unspecified atom stereocenters. The lowest BCUT2D eigenvalue weighted by molar-refractivity contribution is -0.140. The molecule has 0 radical (unpaired) electrons. The maximum atomic E-state index is 13.8. The second-order valence-electron chi connectivity index (χ2n) is 9.63. The summed E-state index contributed by atoms with van der Waals surface area (Å²) in [7, 11) is 0. The van der Waals surface area contributed by atoms with E-state index in [9.17, 15) is 18.0 Å². The van der Waals surface area contributed by atoms with E-state index in [2.05, 4.69) is 49.1 Å². The van der Waals surface area contributed by atoms with Crippen LogP contribution in [0.25, 0.3) is 10.4 Å². The van der Waals surface area contributed by atoms with Crippen LogP contribution in [0.1, 0.15) is 50.2 Å². The second-order valence-corrected chi connectivity index (χ2v) is 10.6. The number of alkyl halides is 3. The lowest BCUT2D eigenvalue weighted by Gasteiger charge is -2.29. The molecule has 1 aliphatic carbocycles. The van der Waals surface area contributed by atoms with Crippen LogP contribution in [0.5, 0.6) is 5.88 Å². The third-order valence-corrected chi connectivity index (χ3v) is 6.62. The number of rotatable bonds is 6. The van der Waals surface area contributed by atoms with Gasteiger partial charge in [-0.1, -0.05) is 63.3 Å². The maximum Gasteiger partial charge on any atom is 0.434 e. The minimum Gasteiger partial charge on any atom is -0.437 e. The van der Waals surface area contributed by atoms with E-state index in [4.69, 9.17) is 4.74 Å². The maximum absolute atomic E-state index is 13.8. The number of pyridine rings is 1. The van der Waals surface area contributed by atoms with E-state index in [1.54, 1.807) is 18.3 Å². The number of carbonyl (C=O) groups is 1. The van der Waals surface area contributed by atoms with E-state index in [1.165, 1.54) is 24.3 Å². The number of nitrogens with one attached hydrogen (secondary N) is 1. The Bertz CT molecular complexity index is 1340. The van der Waals surface area contributed by atoms with Crippen LogP contribution in [0, 0.1) is 11.3 Å². The highest BCUT2D eigenvalue weighted by molar-refractivity contribution is 7.19. The van der Waals surface area contributed by atoms with E-state index >= 15 is 0 Å². The van der Waals surface area contributed by atoms with Crippen molar-refractivity contribution in [2.24, 2.45) is 11.3 Å². The van der Waals surface area contributed by atoms with Crippen LogP contribution in [0.2, 0.25) is 0 Å². The summed E-state index contributed by atoms with van der Waals surface area (Å²) in [6.45, 7) is 8.38. The fourth-order valence-corrected chi connectivity index (χ4v) is 4.88. The van der Waals surface area contributed by atoms with Gasteiger partial charge in [0, 0.05) is 11.8 Å². The quantitative estimate of drug-likeness (QED) is 0.338. The molecule has 0 amide bonds. The highest BCUT2D eigenvalue weighted by Gasteiger charge is 2.38. The Morgan fingerprint density at radius 3 is 2.64 bits per heavy atom. The number of halogens is 3. The number of aromatic nitrogens is 2. The first-order valence-corrected chi connectivity index (χ1v) is 12.2. The van der Waals surface area contributed by atoms with Crippen LogP contribution < -0.4 is 10.1 Å². The van der Waals surface area contributed by atoms with E-state index in [1.807, 2.05) is 6.08 Å². The van der Waals surface area contributed by atoms with Crippen LogP contribution in [0.4, 0.5) is 24.0 Å². The van der Waals surface area contributed by atoms with Crippen LogP contribution in [-0.4, -0.2) is 16.3 Å². The second kappa shape index (κ2) is 9.89. The largest absolute Gasteiger partial charge is 0.437 e. The monoisotopic (exact) mass is 513 g/mol. The number of nitrogens with zero attached hydrogens (tertiary/aromatic N) is 2. The van der Waals surface area contributed by atoms with Crippen molar-refractivity contribution in [2.45, 2.75) is 40.3 Å². The molecule has 3 aromatic rings. The summed E-state index contributed by atoms with van der Waals surface area (Å²) in [6, 6.07) is 9.35. The van der Waals surface area contributed by atoms with Crippen LogP contribution in [0.3, 0.4) is 0 Å². The van der Waals surface area contributed by atoms with Crippen LogP contribution in [-0.2, 0) is 6.18 Å². The molecule has 188 valence electrons. The first-order chi connectivity index (χ1) is 17.0. The molecule has 0 bridgehead atoms. The van der Waals surface area contributed by atoms with Crippen molar-refractivity contribution >= 4 is 28.4 Å². The Kier molecular flexibility index (Phi) is 7.04. The fourth-order valence-electron chi connectivity index (χ4n) is 3.89. The predicted molar refractivity (Wildman–Crippen MR) is 135 cm³/mol. The van der Waals surface area contributed by atoms with E-state index in [-0.39, 0.29) is 38.3 Å². The first kappa shape index (κ1) is 25.6. The molecule has 1 aromatic carbocycles. The molecule has 1 atom stereocenters. The fraction of sp³-hybridized carbons (Fsp3) is 0.296. The van der Waals surface area contributed by atoms with Gasteiger partial charge >= 0.3 is 6.18 Å². The predicted octanol–water partition coefficient (Wildman–Crippen LogP) is 8.06. The highest BCUT2D eigenvalue weighted by Crippen LogP contribution is 2.44. The topological polar surface area (TPSA) is 64.1 Å². The summed E-state index contributed by atoms with van der Waals surface area (Å²) in [5.41, 5.74) is 0.802. The van der Waals surface area contributed by atoms with E-state index < -0.39 is 11.9 Å². The highest BCUT2D eigenvalue weighted by atomic mass is 32.1. The summed E-state index contributed by atoms with van der Waals surface area (Å²) in [6.07, 6.45) is 2.59. The number of carbonyl (C=O) groups excluding carboxylic acids is 1. The molecule has 2 heterocycles. The molecule has 5 nitrogen and oxygen atoms in total. The van der Waals surface area contributed by atoms with Crippen molar-refractivity contribution in [3.05, 3.63) is 77.3 Å². The summed E-state index contributed by atoms with van der Waals surface area (Å²) >= 11 is 0.846. The van der Waals surface area contributed by atoms with Crippen LogP contribution >= 0.6 is 11.3 Å². The Balaban J connectivity index is 1.69. The number of thiazole rings is 1. The van der Waals surface area contributed by atoms with Crippen molar-refractivity contribution in [1.82, 2.24) is 9.97 Å². The number of aldehydes is 1. The van der Waals surface area contributed by atoms with Crippen molar-refractivity contribution < 1.29 is 22.7 Å². The number of allylic oxidation sites excluding steroid dienone is 3. The Morgan fingerprint density at radius 2 is 1.94 bits per heavy atom. The van der Waals surface area contributed by atoms with Crippen LogP contribution in [0.15, 0.2) is 66.1 Å². The molecule has 0 saturated carbocycles. The van der Waals surface area contributed by atoms with Gasteiger partial charge in [0.25, 0.3) is 0 Å². The summed E-state index contributed by atoms with van der Waals surface area (Å²) in [5.74, 6) is 1.20. The van der Waals surface area contributed by atoms with Crippen molar-refractivity contribution in [3.63, 3.8) is 0 Å². The molecule has 1 N–H and O–H groups in total. The van der Waals surface area contributed by atoms with E-state index in [0.29, 0.717) is 17.7 Å².